The number of fused-ring (bicyclic) bond motifs is 1. The van der Waals surface area contributed by atoms with Gasteiger partial charge in [-0.1, -0.05) is 35.3 Å². The average Bonchev–Trinajstić information content (AvgIpc) is 2.66. The molecule has 2 aromatic rings. The summed E-state index contributed by atoms with van der Waals surface area (Å²) in [5.74, 6) is 0.233. The zero-order valence-corrected chi connectivity index (χ0v) is 14.4. The molecule has 2 atom stereocenters. The quantitative estimate of drug-likeness (QED) is 0.834. The molecule has 1 aliphatic heterocycles. The second kappa shape index (κ2) is 6.61. The fourth-order valence-electron chi connectivity index (χ4n) is 2.31. The van der Waals surface area contributed by atoms with Crippen molar-refractivity contribution in [2.75, 3.05) is 12.4 Å². The molecule has 1 amide bonds. The first-order valence-electron chi connectivity index (χ1n) is 6.78. The summed E-state index contributed by atoms with van der Waals surface area (Å²) in [4.78, 5) is 13.0. The number of methoxy groups -OCH3 is 1. The minimum atomic E-state index is -1.20. The molecule has 0 radical (unpaired) electrons. The van der Waals surface area contributed by atoms with Gasteiger partial charge < -0.3 is 15.2 Å². The van der Waals surface area contributed by atoms with Crippen molar-refractivity contribution >= 4 is 46.6 Å². The van der Waals surface area contributed by atoms with Gasteiger partial charge in [-0.25, -0.2) is 0 Å². The molecular formula is C16H13Cl2NO3S. The van der Waals surface area contributed by atoms with Crippen molar-refractivity contribution in [2.24, 2.45) is 0 Å². The second-order valence-corrected chi connectivity index (χ2v) is 7.01. The highest BCUT2D eigenvalue weighted by molar-refractivity contribution is 7.99. The van der Waals surface area contributed by atoms with Crippen LogP contribution in [0.15, 0.2) is 41.3 Å². The van der Waals surface area contributed by atoms with E-state index in [4.69, 9.17) is 27.9 Å². The Balaban J connectivity index is 2.01. The first kappa shape index (κ1) is 16.5. The van der Waals surface area contributed by atoms with Gasteiger partial charge in [0.25, 0.3) is 5.91 Å². The van der Waals surface area contributed by atoms with Crippen LogP contribution in [0.25, 0.3) is 0 Å². The maximum Gasteiger partial charge on any atom is 0.254 e. The number of aliphatic hydroxyl groups excluding tert-OH is 1. The predicted octanol–water partition coefficient (Wildman–Crippen LogP) is 4.15. The van der Waals surface area contributed by atoms with E-state index in [1.165, 1.54) is 11.8 Å². The van der Waals surface area contributed by atoms with Crippen LogP contribution in [0, 0.1) is 0 Å². The molecule has 1 aliphatic rings. The van der Waals surface area contributed by atoms with Gasteiger partial charge in [-0.15, -0.1) is 11.8 Å². The number of aliphatic hydroxyl groups is 1. The molecule has 0 saturated heterocycles. The van der Waals surface area contributed by atoms with Crippen LogP contribution in [0.2, 0.25) is 10.0 Å². The normalized spacial score (nSPS) is 20.4. The second-order valence-electron chi connectivity index (χ2n) is 5.01. The van der Waals surface area contributed by atoms with Gasteiger partial charge in [0.2, 0.25) is 0 Å². The van der Waals surface area contributed by atoms with E-state index < -0.39 is 17.3 Å². The van der Waals surface area contributed by atoms with Gasteiger partial charge in [0, 0.05) is 4.90 Å². The van der Waals surface area contributed by atoms with Crippen molar-refractivity contribution in [3.63, 3.8) is 0 Å². The van der Waals surface area contributed by atoms with Crippen molar-refractivity contribution < 1.29 is 14.6 Å². The van der Waals surface area contributed by atoms with Gasteiger partial charge in [-0.05, 0) is 29.8 Å². The number of hydrogen-bond acceptors (Lipinski definition) is 4. The molecule has 1 heterocycles. The van der Waals surface area contributed by atoms with Crippen LogP contribution in [-0.2, 0) is 4.79 Å². The zero-order valence-electron chi connectivity index (χ0n) is 12.0. The number of thioether (sulfide) groups is 1. The third-order valence-electron chi connectivity index (χ3n) is 3.53. The monoisotopic (exact) mass is 369 g/mol. The summed E-state index contributed by atoms with van der Waals surface area (Å²) < 4.78 is 5.13. The topological polar surface area (TPSA) is 58.6 Å². The minimum Gasteiger partial charge on any atom is -0.497 e. The van der Waals surface area contributed by atoms with E-state index >= 15 is 0 Å². The molecular weight excluding hydrogens is 357 g/mol. The van der Waals surface area contributed by atoms with Crippen LogP contribution in [0.4, 0.5) is 5.69 Å². The molecule has 0 bridgehead atoms. The van der Waals surface area contributed by atoms with Gasteiger partial charge in [-0.2, -0.15) is 0 Å². The third-order valence-corrected chi connectivity index (χ3v) is 5.63. The maximum absolute atomic E-state index is 12.2. The van der Waals surface area contributed by atoms with Crippen LogP contribution >= 0.6 is 35.0 Å². The summed E-state index contributed by atoms with van der Waals surface area (Å²) in [5, 5.41) is 13.4. The molecule has 7 heteroatoms. The van der Waals surface area contributed by atoms with Crippen LogP contribution in [-0.4, -0.2) is 24.2 Å². The largest absolute Gasteiger partial charge is 0.497 e. The number of benzene rings is 2. The molecule has 120 valence electrons. The highest BCUT2D eigenvalue weighted by Crippen LogP contribution is 2.46. The Hall–Kier alpha value is -1.40. The smallest absolute Gasteiger partial charge is 0.254 e. The lowest BCUT2D eigenvalue weighted by Gasteiger charge is -2.19. The number of hydrogen-bond donors (Lipinski definition) is 2. The lowest BCUT2D eigenvalue weighted by Crippen LogP contribution is -2.30. The minimum absolute atomic E-state index is 0.351. The average molecular weight is 370 g/mol. The standard InChI is InChI=1S/C16H13Cl2NO3S/c1-22-9-4-2-8(3-5-9)15-14(20)16(21)19-12-6-10(17)11(18)7-13(12)23-15/h2-7,14-15,20H,1H3,(H,19,21). The predicted molar refractivity (Wildman–Crippen MR) is 92.7 cm³/mol. The van der Waals surface area contributed by atoms with Gasteiger partial charge in [0.15, 0.2) is 0 Å². The molecule has 2 unspecified atom stereocenters. The summed E-state index contributed by atoms with van der Waals surface area (Å²) in [7, 11) is 1.58. The van der Waals surface area contributed by atoms with E-state index in [0.29, 0.717) is 21.5 Å². The number of amides is 1. The van der Waals surface area contributed by atoms with E-state index in [9.17, 15) is 9.90 Å². The Kier molecular flexibility index (Phi) is 4.73. The van der Waals surface area contributed by atoms with Crippen LogP contribution < -0.4 is 10.1 Å². The van der Waals surface area contributed by atoms with Crippen molar-refractivity contribution in [3.05, 3.63) is 52.0 Å². The van der Waals surface area contributed by atoms with Gasteiger partial charge in [-0.3, -0.25) is 4.79 Å². The Morgan fingerprint density at radius 2 is 1.83 bits per heavy atom. The van der Waals surface area contributed by atoms with Gasteiger partial charge in [0.1, 0.15) is 11.9 Å². The number of rotatable bonds is 2. The molecule has 23 heavy (non-hydrogen) atoms. The Morgan fingerprint density at radius 1 is 1.17 bits per heavy atom. The number of anilines is 1. The lowest BCUT2D eigenvalue weighted by atomic mass is 10.1. The Morgan fingerprint density at radius 3 is 2.48 bits per heavy atom. The molecule has 0 aliphatic carbocycles. The van der Waals surface area contributed by atoms with Crippen LogP contribution in [0.5, 0.6) is 5.75 Å². The molecule has 4 nitrogen and oxygen atoms in total. The fourth-order valence-corrected chi connectivity index (χ4v) is 3.95. The molecule has 0 saturated carbocycles. The number of carbonyl (C=O) groups is 1. The molecule has 2 aromatic carbocycles. The van der Waals surface area contributed by atoms with Gasteiger partial charge >= 0.3 is 0 Å². The van der Waals surface area contributed by atoms with E-state index in [2.05, 4.69) is 5.32 Å². The molecule has 0 spiro atoms. The van der Waals surface area contributed by atoms with E-state index in [1.54, 1.807) is 31.4 Å². The van der Waals surface area contributed by atoms with Crippen LogP contribution in [0.3, 0.4) is 0 Å². The third kappa shape index (κ3) is 3.28. The van der Waals surface area contributed by atoms with E-state index in [1.807, 2.05) is 12.1 Å². The molecule has 0 aromatic heterocycles. The number of halogens is 2. The van der Waals surface area contributed by atoms with E-state index in [-0.39, 0.29) is 0 Å². The molecule has 0 fully saturated rings. The molecule has 3 rings (SSSR count). The molecule has 2 N–H and O–H groups in total. The van der Waals surface area contributed by atoms with Crippen LogP contribution in [0.1, 0.15) is 10.8 Å². The Bertz CT molecular complexity index is 752. The SMILES string of the molecule is COc1ccc(C2Sc3cc(Cl)c(Cl)cc3NC(=O)C2O)cc1. The van der Waals surface area contributed by atoms with E-state index in [0.717, 1.165) is 10.5 Å². The lowest BCUT2D eigenvalue weighted by molar-refractivity contribution is -0.124. The van der Waals surface area contributed by atoms with Crippen molar-refractivity contribution in [1.29, 1.82) is 0 Å². The van der Waals surface area contributed by atoms with Crippen molar-refractivity contribution in [1.82, 2.24) is 0 Å². The first-order valence-corrected chi connectivity index (χ1v) is 8.41. The zero-order chi connectivity index (χ0) is 16.6. The fraction of sp³-hybridized carbons (Fsp3) is 0.188. The highest BCUT2D eigenvalue weighted by Gasteiger charge is 2.33. The first-order chi connectivity index (χ1) is 11.0. The summed E-state index contributed by atoms with van der Waals surface area (Å²) in [6.07, 6.45) is -1.20. The number of ether oxygens (including phenoxy) is 1. The number of nitrogens with one attached hydrogen (secondary N) is 1. The maximum atomic E-state index is 12.2. The Labute approximate surface area is 147 Å². The number of carbonyl (C=O) groups excluding carboxylic acids is 1. The van der Waals surface area contributed by atoms with Gasteiger partial charge in [0.05, 0.1) is 28.1 Å². The van der Waals surface area contributed by atoms with Crippen molar-refractivity contribution in [2.45, 2.75) is 16.2 Å². The highest BCUT2D eigenvalue weighted by atomic mass is 35.5. The summed E-state index contributed by atoms with van der Waals surface area (Å²) in [5.41, 5.74) is 1.36. The summed E-state index contributed by atoms with van der Waals surface area (Å²) in [6, 6.07) is 10.5. The summed E-state index contributed by atoms with van der Waals surface area (Å²) in [6.45, 7) is 0. The summed E-state index contributed by atoms with van der Waals surface area (Å²) >= 11 is 13.4. The van der Waals surface area contributed by atoms with Crippen molar-refractivity contribution in [3.8, 4) is 5.75 Å².